The molecule has 0 aliphatic heterocycles. The minimum Gasteiger partial charge on any atom is -0.392 e. The largest absolute Gasteiger partial charge is 0.392 e. The summed E-state index contributed by atoms with van der Waals surface area (Å²) >= 11 is 0. The summed E-state index contributed by atoms with van der Waals surface area (Å²) in [4.78, 5) is 0. The number of hydrogen-bond donors (Lipinski definition) is 1. The SMILES string of the molecule is Cc1cc(-n2cccn2)ccc1CO. The summed E-state index contributed by atoms with van der Waals surface area (Å²) in [6, 6.07) is 7.77. The van der Waals surface area contributed by atoms with Gasteiger partial charge < -0.3 is 5.11 Å². The van der Waals surface area contributed by atoms with Crippen molar-refractivity contribution < 1.29 is 5.11 Å². The van der Waals surface area contributed by atoms with Gasteiger partial charge in [-0.1, -0.05) is 6.07 Å². The molecular weight excluding hydrogens is 176 g/mol. The maximum atomic E-state index is 9.02. The molecule has 0 spiro atoms. The zero-order valence-corrected chi connectivity index (χ0v) is 8.01. The molecule has 1 N–H and O–H groups in total. The van der Waals surface area contributed by atoms with Crippen molar-refractivity contribution in [3.05, 3.63) is 47.8 Å². The molecule has 2 rings (SSSR count). The third-order valence-corrected chi connectivity index (χ3v) is 2.27. The van der Waals surface area contributed by atoms with E-state index in [1.807, 2.05) is 37.4 Å². The summed E-state index contributed by atoms with van der Waals surface area (Å²) in [6.07, 6.45) is 3.64. The second kappa shape index (κ2) is 3.64. The van der Waals surface area contributed by atoms with Crippen LogP contribution in [0.4, 0.5) is 0 Å². The van der Waals surface area contributed by atoms with E-state index in [0.717, 1.165) is 16.8 Å². The van der Waals surface area contributed by atoms with Gasteiger partial charge in [-0.05, 0) is 36.2 Å². The molecule has 72 valence electrons. The predicted octanol–water partition coefficient (Wildman–Crippen LogP) is 1.67. The molecule has 0 unspecified atom stereocenters. The first-order valence-corrected chi connectivity index (χ1v) is 4.51. The van der Waals surface area contributed by atoms with Crippen molar-refractivity contribution in [2.24, 2.45) is 0 Å². The third-order valence-electron chi connectivity index (χ3n) is 2.27. The van der Waals surface area contributed by atoms with E-state index in [2.05, 4.69) is 5.10 Å². The standard InChI is InChI=1S/C11H12N2O/c1-9-7-11(4-3-10(9)8-14)13-6-2-5-12-13/h2-7,14H,8H2,1H3. The van der Waals surface area contributed by atoms with Crippen LogP contribution in [0.3, 0.4) is 0 Å². The first kappa shape index (κ1) is 8.97. The summed E-state index contributed by atoms with van der Waals surface area (Å²) in [5.74, 6) is 0. The molecule has 14 heavy (non-hydrogen) atoms. The fourth-order valence-corrected chi connectivity index (χ4v) is 1.42. The van der Waals surface area contributed by atoms with E-state index < -0.39 is 0 Å². The highest BCUT2D eigenvalue weighted by molar-refractivity contribution is 5.39. The van der Waals surface area contributed by atoms with Crippen molar-refractivity contribution in [1.29, 1.82) is 0 Å². The Morgan fingerprint density at radius 1 is 1.43 bits per heavy atom. The van der Waals surface area contributed by atoms with Gasteiger partial charge in [0.2, 0.25) is 0 Å². The molecule has 1 heterocycles. The average molecular weight is 188 g/mol. The van der Waals surface area contributed by atoms with Gasteiger partial charge in [0.05, 0.1) is 12.3 Å². The second-order valence-electron chi connectivity index (χ2n) is 3.22. The van der Waals surface area contributed by atoms with Crippen molar-refractivity contribution in [3.8, 4) is 5.69 Å². The minimum absolute atomic E-state index is 0.0885. The number of aromatic nitrogens is 2. The molecule has 0 saturated carbocycles. The highest BCUT2D eigenvalue weighted by Gasteiger charge is 2.00. The van der Waals surface area contributed by atoms with Crippen molar-refractivity contribution >= 4 is 0 Å². The zero-order chi connectivity index (χ0) is 9.97. The first-order valence-electron chi connectivity index (χ1n) is 4.51. The van der Waals surface area contributed by atoms with Crippen LogP contribution in [0.15, 0.2) is 36.7 Å². The zero-order valence-electron chi connectivity index (χ0n) is 8.01. The number of benzene rings is 1. The van der Waals surface area contributed by atoms with Crippen LogP contribution in [-0.2, 0) is 6.61 Å². The third kappa shape index (κ3) is 1.54. The highest BCUT2D eigenvalue weighted by Crippen LogP contribution is 2.13. The Bertz CT molecular complexity index is 421. The van der Waals surface area contributed by atoms with Crippen LogP contribution >= 0.6 is 0 Å². The fraction of sp³-hybridized carbons (Fsp3) is 0.182. The second-order valence-corrected chi connectivity index (χ2v) is 3.22. The Hall–Kier alpha value is -1.61. The smallest absolute Gasteiger partial charge is 0.0684 e. The van der Waals surface area contributed by atoms with Crippen LogP contribution in [0.25, 0.3) is 5.69 Å². The molecule has 2 aromatic rings. The summed E-state index contributed by atoms with van der Waals surface area (Å²) in [5, 5.41) is 13.2. The number of aryl methyl sites for hydroxylation is 1. The van der Waals surface area contributed by atoms with E-state index in [4.69, 9.17) is 5.11 Å². The van der Waals surface area contributed by atoms with Crippen LogP contribution in [0.5, 0.6) is 0 Å². The van der Waals surface area contributed by atoms with Gasteiger partial charge in [-0.15, -0.1) is 0 Å². The number of hydrogen-bond acceptors (Lipinski definition) is 2. The molecule has 3 nitrogen and oxygen atoms in total. The Labute approximate surface area is 82.6 Å². The Balaban J connectivity index is 2.43. The average Bonchev–Trinajstić information content (AvgIpc) is 2.70. The quantitative estimate of drug-likeness (QED) is 0.778. The Morgan fingerprint density at radius 2 is 2.29 bits per heavy atom. The van der Waals surface area contributed by atoms with Crippen molar-refractivity contribution in [3.63, 3.8) is 0 Å². The van der Waals surface area contributed by atoms with Gasteiger partial charge in [0, 0.05) is 12.4 Å². The van der Waals surface area contributed by atoms with E-state index >= 15 is 0 Å². The van der Waals surface area contributed by atoms with Crippen LogP contribution in [0.1, 0.15) is 11.1 Å². The van der Waals surface area contributed by atoms with E-state index in [1.165, 1.54) is 0 Å². The van der Waals surface area contributed by atoms with Gasteiger partial charge in [0.1, 0.15) is 0 Å². The lowest BCUT2D eigenvalue weighted by molar-refractivity contribution is 0.281. The molecule has 0 saturated heterocycles. The Kier molecular flexibility index (Phi) is 2.33. The summed E-state index contributed by atoms with van der Waals surface area (Å²) in [7, 11) is 0. The van der Waals surface area contributed by atoms with Gasteiger partial charge in [-0.25, -0.2) is 4.68 Å². The van der Waals surface area contributed by atoms with Gasteiger partial charge in [0.25, 0.3) is 0 Å². The molecule has 0 atom stereocenters. The topological polar surface area (TPSA) is 38.0 Å². The van der Waals surface area contributed by atoms with Crippen LogP contribution in [-0.4, -0.2) is 14.9 Å². The van der Waals surface area contributed by atoms with E-state index in [9.17, 15) is 0 Å². The molecule has 0 amide bonds. The normalized spacial score (nSPS) is 10.4. The molecule has 1 aromatic carbocycles. The molecule has 0 aliphatic rings. The van der Waals surface area contributed by atoms with Gasteiger partial charge in [0.15, 0.2) is 0 Å². The molecule has 3 heteroatoms. The monoisotopic (exact) mass is 188 g/mol. The molecule has 0 fully saturated rings. The highest BCUT2D eigenvalue weighted by atomic mass is 16.3. The summed E-state index contributed by atoms with van der Waals surface area (Å²) in [5.41, 5.74) is 3.06. The predicted molar refractivity (Wildman–Crippen MR) is 54.2 cm³/mol. The number of rotatable bonds is 2. The number of aliphatic hydroxyl groups excluding tert-OH is 1. The number of aliphatic hydroxyl groups is 1. The minimum atomic E-state index is 0.0885. The van der Waals surface area contributed by atoms with E-state index in [0.29, 0.717) is 0 Å². The molecule has 0 radical (unpaired) electrons. The first-order chi connectivity index (χ1) is 6.81. The van der Waals surface area contributed by atoms with Crippen molar-refractivity contribution in [1.82, 2.24) is 9.78 Å². The lowest BCUT2D eigenvalue weighted by Gasteiger charge is -2.06. The molecule has 1 aromatic heterocycles. The number of nitrogens with zero attached hydrogens (tertiary/aromatic N) is 2. The lowest BCUT2D eigenvalue weighted by atomic mass is 10.1. The maximum absolute atomic E-state index is 9.02. The Morgan fingerprint density at radius 3 is 2.86 bits per heavy atom. The maximum Gasteiger partial charge on any atom is 0.0684 e. The van der Waals surface area contributed by atoms with Crippen LogP contribution in [0.2, 0.25) is 0 Å². The fourth-order valence-electron chi connectivity index (χ4n) is 1.42. The molecule has 0 aliphatic carbocycles. The van der Waals surface area contributed by atoms with E-state index in [-0.39, 0.29) is 6.61 Å². The van der Waals surface area contributed by atoms with Crippen molar-refractivity contribution in [2.45, 2.75) is 13.5 Å². The van der Waals surface area contributed by atoms with Gasteiger partial charge >= 0.3 is 0 Å². The van der Waals surface area contributed by atoms with Crippen LogP contribution in [0, 0.1) is 6.92 Å². The molecular formula is C11H12N2O. The molecule has 0 bridgehead atoms. The van der Waals surface area contributed by atoms with Crippen molar-refractivity contribution in [2.75, 3.05) is 0 Å². The van der Waals surface area contributed by atoms with E-state index in [1.54, 1.807) is 10.9 Å². The van der Waals surface area contributed by atoms with Gasteiger partial charge in [-0.2, -0.15) is 5.10 Å². The summed E-state index contributed by atoms with van der Waals surface area (Å²) in [6.45, 7) is 2.07. The lowest BCUT2D eigenvalue weighted by Crippen LogP contribution is -1.96. The van der Waals surface area contributed by atoms with Crippen LogP contribution < -0.4 is 0 Å². The van der Waals surface area contributed by atoms with Gasteiger partial charge in [-0.3, -0.25) is 0 Å². The summed E-state index contributed by atoms with van der Waals surface area (Å²) < 4.78 is 1.80.